The van der Waals surface area contributed by atoms with E-state index >= 15 is 0 Å². The molecule has 13 heteroatoms. The van der Waals surface area contributed by atoms with E-state index in [0.717, 1.165) is 36.9 Å². The lowest BCUT2D eigenvalue weighted by molar-refractivity contribution is 0.0933. The summed E-state index contributed by atoms with van der Waals surface area (Å²) in [6.45, 7) is 7.28. The average Bonchev–Trinajstić information content (AvgIpc) is 3.45. The van der Waals surface area contributed by atoms with Gasteiger partial charge in [0.15, 0.2) is 5.82 Å². The molecule has 12 nitrogen and oxygen atoms in total. The van der Waals surface area contributed by atoms with E-state index in [0.29, 0.717) is 35.6 Å². The molecule has 0 spiro atoms. The maximum absolute atomic E-state index is 12.8. The highest BCUT2D eigenvalue weighted by molar-refractivity contribution is 8.19. The number of ether oxygens (including phenoxy) is 1. The first kappa shape index (κ1) is 34.6. The van der Waals surface area contributed by atoms with Gasteiger partial charge in [0.1, 0.15) is 22.4 Å². The van der Waals surface area contributed by atoms with Gasteiger partial charge in [0.25, 0.3) is 5.91 Å². The van der Waals surface area contributed by atoms with Gasteiger partial charge in [-0.25, -0.2) is 4.98 Å². The van der Waals surface area contributed by atoms with Gasteiger partial charge in [0.05, 0.1) is 29.3 Å². The highest BCUT2D eigenvalue weighted by Gasteiger charge is 2.21. The fourth-order valence-electron chi connectivity index (χ4n) is 4.85. The van der Waals surface area contributed by atoms with Crippen LogP contribution in [0.25, 0.3) is 11.3 Å². The van der Waals surface area contributed by atoms with E-state index in [1.165, 1.54) is 12.3 Å². The Balaban J connectivity index is 1.20. The Morgan fingerprint density at radius 2 is 1.85 bits per heavy atom. The summed E-state index contributed by atoms with van der Waals surface area (Å²) in [7, 11) is -2.03. The predicted molar refractivity (Wildman–Crippen MR) is 178 cm³/mol. The summed E-state index contributed by atoms with van der Waals surface area (Å²) in [5.74, 6) is 0.869. The fourth-order valence-corrected chi connectivity index (χ4v) is 5.60. The van der Waals surface area contributed by atoms with Gasteiger partial charge in [-0.15, -0.1) is 5.11 Å². The van der Waals surface area contributed by atoms with Gasteiger partial charge in [-0.3, -0.25) is 9.48 Å². The van der Waals surface area contributed by atoms with Crippen LogP contribution in [0.2, 0.25) is 0 Å². The standard InChI is InChI=1S/C33H42N6O6S/c1-5-23-18-26(27-14-16-39(4)38-27)28(40)19-29(23)45-17-9-8-15-33(2,3)22-35-32(41)25-12-13-31(34-20-25)37-36-21-24-10-6-7-11-30(24)46(42,43)44/h6-7,10-14,16,18-20,40,42-44H,5,8-9,15,17,21-22H2,1-4H3,(H,35,41). The lowest BCUT2D eigenvalue weighted by Crippen LogP contribution is -2.34. The lowest BCUT2D eigenvalue weighted by Gasteiger charge is -2.25. The summed E-state index contributed by atoms with van der Waals surface area (Å²) >= 11 is 0. The van der Waals surface area contributed by atoms with Crippen molar-refractivity contribution in [3.8, 4) is 22.8 Å². The zero-order chi connectivity index (χ0) is 33.3. The van der Waals surface area contributed by atoms with Crippen molar-refractivity contribution in [2.24, 2.45) is 22.7 Å². The number of nitrogens with one attached hydrogen (secondary N) is 1. The van der Waals surface area contributed by atoms with Crippen molar-refractivity contribution in [3.05, 3.63) is 83.7 Å². The second kappa shape index (κ2) is 15.3. The smallest absolute Gasteiger partial charge is 0.252 e. The number of carbonyl (C=O) groups is 1. The summed E-state index contributed by atoms with van der Waals surface area (Å²) in [5.41, 5.74) is 3.10. The number of hydrogen-bond donors (Lipinski definition) is 5. The van der Waals surface area contributed by atoms with E-state index in [-0.39, 0.29) is 34.3 Å². The average molecular weight is 651 g/mol. The second-order valence-corrected chi connectivity index (χ2v) is 13.3. The van der Waals surface area contributed by atoms with Crippen LogP contribution in [0, 0.1) is 5.41 Å². The number of aromatic nitrogens is 3. The molecule has 1 amide bonds. The fraction of sp³-hybridized carbons (Fsp3) is 0.364. The molecule has 4 aromatic rings. The number of phenolic OH excluding ortho intramolecular Hbond substituents is 1. The number of aryl methyl sites for hydroxylation is 2. The molecule has 0 aliphatic heterocycles. The number of aromatic hydroxyl groups is 1. The first-order valence-corrected chi connectivity index (χ1v) is 16.6. The van der Waals surface area contributed by atoms with E-state index in [9.17, 15) is 23.6 Å². The minimum atomic E-state index is -3.87. The largest absolute Gasteiger partial charge is 0.507 e. The highest BCUT2D eigenvalue weighted by Crippen LogP contribution is 2.45. The van der Waals surface area contributed by atoms with Crippen molar-refractivity contribution in [1.82, 2.24) is 20.1 Å². The van der Waals surface area contributed by atoms with Gasteiger partial charge >= 0.3 is 0 Å². The quantitative estimate of drug-likeness (QED) is 0.0645. The SMILES string of the molecule is CCc1cc(-c2ccn(C)n2)c(O)cc1OCCCCC(C)(C)CNC(=O)c1ccc(N=NCc2ccccc2S(O)(O)O)nc1. The summed E-state index contributed by atoms with van der Waals surface area (Å²) in [4.78, 5) is 16.9. The number of hydrogen-bond acceptors (Lipinski definition) is 10. The van der Waals surface area contributed by atoms with Crippen LogP contribution in [0.1, 0.15) is 61.5 Å². The molecule has 246 valence electrons. The van der Waals surface area contributed by atoms with Crippen LogP contribution in [0.15, 0.2) is 82.1 Å². The number of unbranched alkanes of at least 4 members (excludes halogenated alkanes) is 1. The molecule has 0 saturated heterocycles. The second-order valence-electron chi connectivity index (χ2n) is 11.8. The van der Waals surface area contributed by atoms with Crippen molar-refractivity contribution in [3.63, 3.8) is 0 Å². The molecule has 0 atom stereocenters. The topological polar surface area (TPSA) is 175 Å². The molecule has 4 rings (SSSR count). The Kier molecular flexibility index (Phi) is 11.5. The van der Waals surface area contributed by atoms with Gasteiger partial charge in [-0.2, -0.15) is 10.2 Å². The molecule has 0 fully saturated rings. The molecule has 0 aliphatic carbocycles. The molecule has 0 saturated carbocycles. The maximum atomic E-state index is 12.8. The van der Waals surface area contributed by atoms with Crippen LogP contribution >= 0.6 is 10.9 Å². The molecule has 0 unspecified atom stereocenters. The number of nitrogens with zero attached hydrogens (tertiary/aromatic N) is 5. The van der Waals surface area contributed by atoms with Crippen LogP contribution in [0.3, 0.4) is 0 Å². The molecular formula is C33H42N6O6S. The number of carbonyl (C=O) groups excluding carboxylic acids is 1. The maximum Gasteiger partial charge on any atom is 0.252 e. The van der Waals surface area contributed by atoms with Crippen LogP contribution < -0.4 is 10.1 Å². The number of benzene rings is 2. The summed E-state index contributed by atoms with van der Waals surface area (Å²) in [6, 6.07) is 15.0. The molecule has 0 radical (unpaired) electrons. The first-order valence-electron chi connectivity index (χ1n) is 15.1. The summed E-state index contributed by atoms with van der Waals surface area (Å²) < 4.78 is 36.5. The highest BCUT2D eigenvalue weighted by atomic mass is 32.3. The third kappa shape index (κ3) is 9.60. The number of pyridine rings is 1. The molecule has 0 aliphatic rings. The first-order chi connectivity index (χ1) is 21.9. The minimum Gasteiger partial charge on any atom is -0.507 e. The van der Waals surface area contributed by atoms with Crippen LogP contribution in [0.4, 0.5) is 5.82 Å². The number of amides is 1. The van der Waals surface area contributed by atoms with Crippen molar-refractivity contribution < 1.29 is 28.3 Å². The molecule has 2 aromatic heterocycles. The summed E-state index contributed by atoms with van der Waals surface area (Å²) in [6.07, 6.45) is 6.66. The zero-order valence-electron chi connectivity index (χ0n) is 26.6. The van der Waals surface area contributed by atoms with Crippen molar-refractivity contribution in [2.45, 2.75) is 57.9 Å². The van der Waals surface area contributed by atoms with Gasteiger partial charge in [-0.1, -0.05) is 39.0 Å². The van der Waals surface area contributed by atoms with Crippen molar-refractivity contribution in [1.29, 1.82) is 0 Å². The number of rotatable bonds is 15. The van der Waals surface area contributed by atoms with E-state index in [1.807, 2.05) is 25.4 Å². The van der Waals surface area contributed by atoms with E-state index in [2.05, 4.69) is 46.4 Å². The van der Waals surface area contributed by atoms with Gasteiger partial charge in [0, 0.05) is 37.6 Å². The third-order valence-electron chi connectivity index (χ3n) is 7.47. The normalized spacial score (nSPS) is 12.4. The van der Waals surface area contributed by atoms with Crippen molar-refractivity contribution >= 4 is 22.6 Å². The monoisotopic (exact) mass is 650 g/mol. The zero-order valence-corrected chi connectivity index (χ0v) is 27.4. The van der Waals surface area contributed by atoms with Gasteiger partial charge in [-0.05, 0) is 72.6 Å². The molecule has 2 aromatic carbocycles. The Morgan fingerprint density at radius 3 is 2.52 bits per heavy atom. The molecule has 2 heterocycles. The van der Waals surface area contributed by atoms with Crippen molar-refractivity contribution in [2.75, 3.05) is 13.2 Å². The van der Waals surface area contributed by atoms with Crippen LogP contribution in [-0.4, -0.2) is 52.6 Å². The predicted octanol–water partition coefficient (Wildman–Crippen LogP) is 7.62. The van der Waals surface area contributed by atoms with Crippen LogP contribution in [-0.2, 0) is 20.0 Å². The molecular weight excluding hydrogens is 608 g/mol. The van der Waals surface area contributed by atoms with Gasteiger partial charge in [0.2, 0.25) is 0 Å². The molecule has 0 bridgehead atoms. The van der Waals surface area contributed by atoms with Gasteiger partial charge < -0.3 is 28.8 Å². The Bertz CT molecular complexity index is 1650. The van der Waals surface area contributed by atoms with E-state index in [4.69, 9.17) is 4.74 Å². The molecule has 5 N–H and O–H groups in total. The minimum absolute atomic E-state index is 0.0000144. The Hall–Kier alpha value is -4.30. The van der Waals surface area contributed by atoms with Crippen LogP contribution in [0.5, 0.6) is 11.5 Å². The summed E-state index contributed by atoms with van der Waals surface area (Å²) in [5, 5.41) is 26.0. The Morgan fingerprint density at radius 1 is 1.07 bits per heavy atom. The third-order valence-corrected chi connectivity index (χ3v) is 8.46. The van der Waals surface area contributed by atoms with E-state index in [1.54, 1.807) is 41.1 Å². The van der Waals surface area contributed by atoms with E-state index < -0.39 is 10.9 Å². The number of phenols is 1. The molecule has 46 heavy (non-hydrogen) atoms. The Labute approximate surface area is 270 Å². The lowest BCUT2D eigenvalue weighted by atomic mass is 9.87. The number of azo groups is 1.